The molecule has 1 unspecified atom stereocenters. The number of carbonyl (C=O) groups is 1. The summed E-state index contributed by atoms with van der Waals surface area (Å²) in [5.74, 6) is 0.0383. The standard InChI is InChI=1S/C15H23N3O2/c1-12(11-18-5-7-20-8-6-18)17-15(19)10-13-3-2-4-14(16)9-13/h2-4,9,12H,5-8,10-11,16H2,1H3,(H,17,19). The van der Waals surface area contributed by atoms with Gasteiger partial charge >= 0.3 is 0 Å². The Bertz CT molecular complexity index is 444. The number of carbonyl (C=O) groups excluding carboxylic acids is 1. The lowest BCUT2D eigenvalue weighted by Gasteiger charge is -2.29. The first kappa shape index (κ1) is 14.8. The third kappa shape index (κ3) is 4.83. The zero-order valence-electron chi connectivity index (χ0n) is 12.0. The van der Waals surface area contributed by atoms with Gasteiger partial charge in [-0.25, -0.2) is 0 Å². The van der Waals surface area contributed by atoms with Crippen LogP contribution in [0.4, 0.5) is 5.69 Å². The van der Waals surface area contributed by atoms with E-state index in [0.717, 1.165) is 38.4 Å². The lowest BCUT2D eigenvalue weighted by atomic mass is 10.1. The van der Waals surface area contributed by atoms with Gasteiger partial charge in [-0.05, 0) is 24.6 Å². The topological polar surface area (TPSA) is 67.6 Å². The third-order valence-electron chi connectivity index (χ3n) is 3.36. The molecule has 0 radical (unpaired) electrons. The van der Waals surface area contributed by atoms with Crippen molar-refractivity contribution >= 4 is 11.6 Å². The van der Waals surface area contributed by atoms with Crippen LogP contribution in [0.15, 0.2) is 24.3 Å². The highest BCUT2D eigenvalue weighted by Crippen LogP contribution is 2.07. The molecule has 1 aromatic carbocycles. The normalized spacial score (nSPS) is 17.6. The van der Waals surface area contributed by atoms with E-state index in [1.54, 1.807) is 0 Å². The molecule has 5 nitrogen and oxygen atoms in total. The number of benzene rings is 1. The van der Waals surface area contributed by atoms with Crippen LogP contribution in [-0.2, 0) is 16.0 Å². The molecule has 1 aromatic rings. The van der Waals surface area contributed by atoms with Gasteiger partial charge in [0.2, 0.25) is 5.91 Å². The Labute approximate surface area is 120 Å². The van der Waals surface area contributed by atoms with Gasteiger partial charge < -0.3 is 15.8 Å². The maximum absolute atomic E-state index is 12.0. The summed E-state index contributed by atoms with van der Waals surface area (Å²) in [6.07, 6.45) is 0.374. The van der Waals surface area contributed by atoms with Gasteiger partial charge in [0.1, 0.15) is 0 Å². The van der Waals surface area contributed by atoms with E-state index in [0.29, 0.717) is 12.1 Å². The van der Waals surface area contributed by atoms with Gasteiger partial charge in [-0.3, -0.25) is 9.69 Å². The van der Waals surface area contributed by atoms with Crippen LogP contribution in [0.2, 0.25) is 0 Å². The summed E-state index contributed by atoms with van der Waals surface area (Å²) < 4.78 is 5.31. The van der Waals surface area contributed by atoms with Gasteiger partial charge in [0, 0.05) is 31.4 Å². The van der Waals surface area contributed by atoms with Crippen molar-refractivity contribution in [2.24, 2.45) is 0 Å². The predicted molar refractivity (Wildman–Crippen MR) is 79.4 cm³/mol. The molecule has 5 heteroatoms. The second-order valence-corrected chi connectivity index (χ2v) is 5.30. The molecular formula is C15H23N3O2. The van der Waals surface area contributed by atoms with E-state index >= 15 is 0 Å². The highest BCUT2D eigenvalue weighted by molar-refractivity contribution is 5.79. The van der Waals surface area contributed by atoms with E-state index in [-0.39, 0.29) is 11.9 Å². The second-order valence-electron chi connectivity index (χ2n) is 5.30. The van der Waals surface area contributed by atoms with Gasteiger partial charge in [-0.2, -0.15) is 0 Å². The molecule has 2 rings (SSSR count). The van der Waals surface area contributed by atoms with Gasteiger partial charge in [0.15, 0.2) is 0 Å². The molecule has 1 aliphatic heterocycles. The number of hydrogen-bond acceptors (Lipinski definition) is 4. The van der Waals surface area contributed by atoms with Crippen LogP contribution in [0.1, 0.15) is 12.5 Å². The molecule has 110 valence electrons. The van der Waals surface area contributed by atoms with Crippen LogP contribution < -0.4 is 11.1 Å². The first-order valence-corrected chi connectivity index (χ1v) is 7.07. The minimum Gasteiger partial charge on any atom is -0.399 e. The summed E-state index contributed by atoms with van der Waals surface area (Å²) in [5.41, 5.74) is 7.35. The zero-order chi connectivity index (χ0) is 14.4. The predicted octanol–water partition coefficient (Wildman–Crippen LogP) is 0.648. The molecule has 1 amide bonds. The van der Waals surface area contributed by atoms with Crippen LogP contribution in [0.25, 0.3) is 0 Å². The highest BCUT2D eigenvalue weighted by atomic mass is 16.5. The third-order valence-corrected chi connectivity index (χ3v) is 3.36. The van der Waals surface area contributed by atoms with E-state index < -0.39 is 0 Å². The maximum Gasteiger partial charge on any atom is 0.224 e. The fraction of sp³-hybridized carbons (Fsp3) is 0.533. The Kier molecular flexibility index (Phi) is 5.38. The summed E-state index contributed by atoms with van der Waals surface area (Å²) in [4.78, 5) is 14.3. The van der Waals surface area contributed by atoms with E-state index in [1.807, 2.05) is 31.2 Å². The smallest absolute Gasteiger partial charge is 0.224 e. The Morgan fingerprint density at radius 3 is 2.90 bits per heavy atom. The largest absolute Gasteiger partial charge is 0.399 e. The molecular weight excluding hydrogens is 254 g/mol. The Hall–Kier alpha value is -1.59. The molecule has 1 fully saturated rings. The van der Waals surface area contributed by atoms with Crippen LogP contribution in [0.3, 0.4) is 0 Å². The minimum absolute atomic E-state index is 0.0383. The SMILES string of the molecule is CC(CN1CCOCC1)NC(=O)Cc1cccc(N)c1. The van der Waals surface area contributed by atoms with Gasteiger partial charge in [-0.15, -0.1) is 0 Å². The van der Waals surface area contributed by atoms with Crippen LogP contribution in [-0.4, -0.2) is 49.7 Å². The van der Waals surface area contributed by atoms with Crippen molar-refractivity contribution in [2.75, 3.05) is 38.6 Å². The van der Waals surface area contributed by atoms with Crippen LogP contribution in [0.5, 0.6) is 0 Å². The van der Waals surface area contributed by atoms with Gasteiger partial charge in [0.05, 0.1) is 19.6 Å². The lowest BCUT2D eigenvalue weighted by molar-refractivity contribution is -0.121. The van der Waals surface area contributed by atoms with Crippen molar-refractivity contribution in [3.8, 4) is 0 Å². The second kappa shape index (κ2) is 7.26. The molecule has 20 heavy (non-hydrogen) atoms. The monoisotopic (exact) mass is 277 g/mol. The van der Waals surface area contributed by atoms with Crippen molar-refractivity contribution < 1.29 is 9.53 Å². The number of nitrogens with zero attached hydrogens (tertiary/aromatic N) is 1. The molecule has 0 saturated carbocycles. The fourth-order valence-corrected chi connectivity index (χ4v) is 2.43. The molecule has 1 heterocycles. The van der Waals surface area contributed by atoms with E-state index in [1.165, 1.54) is 0 Å². The summed E-state index contributed by atoms with van der Waals surface area (Å²) >= 11 is 0. The van der Waals surface area contributed by atoms with Crippen LogP contribution in [0, 0.1) is 0 Å². The van der Waals surface area contributed by atoms with Crippen molar-refractivity contribution in [1.82, 2.24) is 10.2 Å². The summed E-state index contributed by atoms with van der Waals surface area (Å²) in [7, 11) is 0. The van der Waals surface area contributed by atoms with E-state index in [4.69, 9.17) is 10.5 Å². The summed E-state index contributed by atoms with van der Waals surface area (Å²) in [5, 5.41) is 3.03. The van der Waals surface area contributed by atoms with Crippen molar-refractivity contribution in [1.29, 1.82) is 0 Å². The van der Waals surface area contributed by atoms with Crippen LogP contribution >= 0.6 is 0 Å². The number of nitrogens with two attached hydrogens (primary N) is 1. The molecule has 1 aliphatic rings. The zero-order valence-corrected chi connectivity index (χ0v) is 12.0. The first-order valence-electron chi connectivity index (χ1n) is 7.07. The number of nitrogen functional groups attached to an aromatic ring is 1. The molecule has 0 aliphatic carbocycles. The molecule has 0 bridgehead atoms. The molecule has 1 atom stereocenters. The average molecular weight is 277 g/mol. The first-order chi connectivity index (χ1) is 9.63. The molecule has 1 saturated heterocycles. The van der Waals surface area contributed by atoms with E-state index in [2.05, 4.69) is 10.2 Å². The Balaban J connectivity index is 1.75. The Morgan fingerprint density at radius 2 is 2.20 bits per heavy atom. The van der Waals surface area contributed by atoms with Gasteiger partial charge in [0.25, 0.3) is 0 Å². The fourth-order valence-electron chi connectivity index (χ4n) is 2.43. The number of ether oxygens (including phenoxy) is 1. The van der Waals surface area contributed by atoms with E-state index in [9.17, 15) is 4.79 Å². The quantitative estimate of drug-likeness (QED) is 0.775. The number of hydrogen-bond donors (Lipinski definition) is 2. The van der Waals surface area contributed by atoms with Gasteiger partial charge in [-0.1, -0.05) is 12.1 Å². The lowest BCUT2D eigenvalue weighted by Crippen LogP contribution is -2.46. The number of morpholine rings is 1. The summed E-state index contributed by atoms with van der Waals surface area (Å²) in [6, 6.07) is 7.59. The summed E-state index contributed by atoms with van der Waals surface area (Å²) in [6.45, 7) is 6.34. The highest BCUT2D eigenvalue weighted by Gasteiger charge is 2.15. The number of amides is 1. The van der Waals surface area contributed by atoms with Crippen molar-refractivity contribution in [2.45, 2.75) is 19.4 Å². The number of anilines is 1. The molecule has 3 N–H and O–H groups in total. The molecule has 0 spiro atoms. The number of nitrogens with one attached hydrogen (secondary N) is 1. The molecule has 0 aromatic heterocycles. The van der Waals surface area contributed by atoms with Crippen molar-refractivity contribution in [3.05, 3.63) is 29.8 Å². The maximum atomic E-state index is 12.0. The Morgan fingerprint density at radius 1 is 1.45 bits per heavy atom. The van der Waals surface area contributed by atoms with Crippen molar-refractivity contribution in [3.63, 3.8) is 0 Å². The minimum atomic E-state index is 0.0383. The number of rotatable bonds is 5. The average Bonchev–Trinajstić information content (AvgIpc) is 2.39.